The van der Waals surface area contributed by atoms with Crippen LogP contribution in [0.3, 0.4) is 0 Å². The van der Waals surface area contributed by atoms with Gasteiger partial charge < -0.3 is 10.2 Å². The molecule has 2 aromatic carbocycles. The van der Waals surface area contributed by atoms with Gasteiger partial charge in [-0.3, -0.25) is 13.9 Å². The minimum Gasteiger partial charge on any atom is -0.354 e. The van der Waals surface area contributed by atoms with Crippen molar-refractivity contribution in [3.63, 3.8) is 0 Å². The van der Waals surface area contributed by atoms with Crippen molar-refractivity contribution in [1.29, 1.82) is 0 Å². The molecule has 0 heterocycles. The summed E-state index contributed by atoms with van der Waals surface area (Å²) in [6.07, 6.45) is -2.93. The Hall–Kier alpha value is -3.15. The molecule has 0 saturated carbocycles. The van der Waals surface area contributed by atoms with E-state index in [1.807, 2.05) is 6.92 Å². The number of hydrogen-bond donors (Lipinski definition) is 1. The van der Waals surface area contributed by atoms with E-state index in [0.29, 0.717) is 24.9 Å². The van der Waals surface area contributed by atoms with E-state index < -0.39 is 39.5 Å². The van der Waals surface area contributed by atoms with Crippen LogP contribution in [0, 0.1) is 5.82 Å². The van der Waals surface area contributed by atoms with E-state index in [1.165, 1.54) is 35.2 Å². The number of carbonyl (C=O) groups excluding carboxylic acids is 2. The summed E-state index contributed by atoms with van der Waals surface area (Å²) in [5.41, 5.74) is -0.555. The molecule has 0 bridgehead atoms. The number of benzene rings is 2. The molecule has 0 aromatic heterocycles. The fourth-order valence-electron chi connectivity index (χ4n) is 3.91. The summed E-state index contributed by atoms with van der Waals surface area (Å²) in [5.74, 6) is -1.23. The van der Waals surface area contributed by atoms with Crippen molar-refractivity contribution in [2.75, 3.05) is 23.7 Å². The van der Waals surface area contributed by atoms with Gasteiger partial charge in [0, 0.05) is 26.1 Å². The number of nitrogens with zero attached hydrogens (tertiary/aromatic N) is 2. The lowest BCUT2D eigenvalue weighted by Gasteiger charge is -2.31. The SMILES string of the molecule is CCCNC(=O)[C@@H](CC)N(Cc1ccc(F)cc1)C(=O)CCCN(c1cccc(C(F)(F)F)c1)S(C)(=O)=O. The first-order valence-electron chi connectivity index (χ1n) is 12.2. The van der Waals surface area contributed by atoms with E-state index in [4.69, 9.17) is 0 Å². The van der Waals surface area contributed by atoms with Crippen molar-refractivity contribution in [2.24, 2.45) is 0 Å². The summed E-state index contributed by atoms with van der Waals surface area (Å²) in [7, 11) is -3.95. The molecule has 38 heavy (non-hydrogen) atoms. The Morgan fingerprint density at radius 1 is 1.05 bits per heavy atom. The van der Waals surface area contributed by atoms with Crippen LogP contribution in [0.4, 0.5) is 23.2 Å². The summed E-state index contributed by atoms with van der Waals surface area (Å²) in [6, 6.07) is 8.65. The maximum Gasteiger partial charge on any atom is 0.416 e. The normalized spacial score (nSPS) is 12.6. The fourth-order valence-corrected chi connectivity index (χ4v) is 4.87. The molecule has 0 aliphatic carbocycles. The molecule has 2 rings (SSSR count). The molecule has 12 heteroatoms. The zero-order chi connectivity index (χ0) is 28.5. The van der Waals surface area contributed by atoms with Crippen molar-refractivity contribution >= 4 is 27.5 Å². The number of sulfonamides is 1. The van der Waals surface area contributed by atoms with Gasteiger partial charge in [-0.25, -0.2) is 12.8 Å². The second kappa shape index (κ2) is 13.6. The van der Waals surface area contributed by atoms with Gasteiger partial charge in [0.05, 0.1) is 17.5 Å². The number of amides is 2. The summed E-state index contributed by atoms with van der Waals surface area (Å²) in [5, 5.41) is 2.77. The monoisotopic (exact) mass is 559 g/mol. The van der Waals surface area contributed by atoms with Gasteiger partial charge in [-0.2, -0.15) is 13.2 Å². The lowest BCUT2D eigenvalue weighted by Crippen LogP contribution is -2.49. The minimum atomic E-state index is -4.65. The van der Waals surface area contributed by atoms with Gasteiger partial charge in [0.1, 0.15) is 11.9 Å². The molecule has 0 fully saturated rings. The Kier molecular flexibility index (Phi) is 11.1. The Balaban J connectivity index is 2.24. The fraction of sp³-hybridized carbons (Fsp3) is 0.462. The molecule has 0 saturated heterocycles. The van der Waals surface area contributed by atoms with Crippen LogP contribution in [-0.2, 0) is 32.3 Å². The average Bonchev–Trinajstić information content (AvgIpc) is 2.85. The van der Waals surface area contributed by atoms with Crippen molar-refractivity contribution in [3.8, 4) is 0 Å². The van der Waals surface area contributed by atoms with E-state index in [1.54, 1.807) is 6.92 Å². The summed E-state index contributed by atoms with van der Waals surface area (Å²) in [4.78, 5) is 27.5. The molecule has 1 N–H and O–H groups in total. The van der Waals surface area contributed by atoms with Crippen LogP contribution in [0.15, 0.2) is 48.5 Å². The van der Waals surface area contributed by atoms with Crippen LogP contribution >= 0.6 is 0 Å². The second-order valence-electron chi connectivity index (χ2n) is 8.85. The number of halogens is 4. The van der Waals surface area contributed by atoms with Gasteiger partial charge in [0.2, 0.25) is 21.8 Å². The molecule has 1 atom stereocenters. The summed E-state index contributed by atoms with van der Waals surface area (Å²) < 4.78 is 78.4. The maximum absolute atomic E-state index is 13.4. The van der Waals surface area contributed by atoms with Crippen LogP contribution < -0.4 is 9.62 Å². The number of hydrogen-bond acceptors (Lipinski definition) is 4. The second-order valence-corrected chi connectivity index (χ2v) is 10.8. The Morgan fingerprint density at radius 3 is 2.26 bits per heavy atom. The van der Waals surface area contributed by atoms with Crippen LogP contribution in [0.1, 0.15) is 50.7 Å². The molecule has 0 unspecified atom stereocenters. The predicted octanol–water partition coefficient (Wildman–Crippen LogP) is 4.72. The molecule has 0 radical (unpaired) electrons. The summed E-state index contributed by atoms with van der Waals surface area (Å²) in [6.45, 7) is 3.85. The highest BCUT2D eigenvalue weighted by Gasteiger charge is 2.32. The molecule has 210 valence electrons. The quantitative estimate of drug-likeness (QED) is 0.360. The van der Waals surface area contributed by atoms with Gasteiger partial charge in [0.15, 0.2) is 0 Å². The van der Waals surface area contributed by atoms with Crippen LogP contribution in [0.25, 0.3) is 0 Å². The minimum absolute atomic E-state index is 0.00488. The largest absolute Gasteiger partial charge is 0.416 e. The predicted molar refractivity (Wildman–Crippen MR) is 137 cm³/mol. The molecule has 2 amide bonds. The third kappa shape index (κ3) is 9.00. The van der Waals surface area contributed by atoms with Gasteiger partial charge >= 0.3 is 6.18 Å². The Bertz CT molecular complexity index is 1190. The Morgan fingerprint density at radius 2 is 1.71 bits per heavy atom. The van der Waals surface area contributed by atoms with Gasteiger partial charge in [-0.1, -0.05) is 32.0 Å². The first-order chi connectivity index (χ1) is 17.8. The van der Waals surface area contributed by atoms with E-state index in [-0.39, 0.29) is 37.5 Å². The van der Waals surface area contributed by atoms with Crippen LogP contribution in [0.5, 0.6) is 0 Å². The average molecular weight is 560 g/mol. The number of anilines is 1. The highest BCUT2D eigenvalue weighted by molar-refractivity contribution is 7.92. The Labute approximate surface area is 220 Å². The maximum atomic E-state index is 13.4. The first-order valence-corrected chi connectivity index (χ1v) is 14.1. The van der Waals surface area contributed by atoms with E-state index in [2.05, 4.69) is 5.32 Å². The zero-order valence-corrected chi connectivity index (χ0v) is 22.4. The third-order valence-electron chi connectivity index (χ3n) is 5.81. The molecule has 2 aromatic rings. The van der Waals surface area contributed by atoms with Gasteiger partial charge in [0.25, 0.3) is 0 Å². The number of alkyl halides is 3. The van der Waals surface area contributed by atoms with E-state index >= 15 is 0 Å². The molecular weight excluding hydrogens is 526 g/mol. The van der Waals surface area contributed by atoms with E-state index in [0.717, 1.165) is 28.8 Å². The number of carbonyl (C=O) groups is 2. The number of rotatable bonds is 13. The zero-order valence-electron chi connectivity index (χ0n) is 21.6. The standard InChI is InChI=1S/C26H33F4N3O4S/c1-4-15-31-25(35)23(5-2)32(18-19-11-13-21(27)14-12-19)24(34)10-7-16-33(38(3,36)37)22-9-6-8-20(17-22)26(28,29)30/h6,8-9,11-14,17,23H,4-5,7,10,15-16,18H2,1-3H3,(H,31,35)/t23-/m1/s1. The van der Waals surface area contributed by atoms with Gasteiger partial charge in [-0.15, -0.1) is 0 Å². The lowest BCUT2D eigenvalue weighted by atomic mass is 10.1. The molecule has 0 spiro atoms. The third-order valence-corrected chi connectivity index (χ3v) is 7.01. The van der Waals surface area contributed by atoms with Crippen molar-refractivity contribution < 1.29 is 35.6 Å². The van der Waals surface area contributed by atoms with Crippen molar-refractivity contribution in [1.82, 2.24) is 10.2 Å². The highest BCUT2D eigenvalue weighted by Crippen LogP contribution is 2.32. The van der Waals surface area contributed by atoms with E-state index in [9.17, 15) is 35.6 Å². The van der Waals surface area contributed by atoms with Crippen molar-refractivity contribution in [2.45, 2.75) is 58.3 Å². The smallest absolute Gasteiger partial charge is 0.354 e. The van der Waals surface area contributed by atoms with Gasteiger partial charge in [-0.05, 0) is 55.2 Å². The number of nitrogens with one attached hydrogen (secondary N) is 1. The van der Waals surface area contributed by atoms with Crippen LogP contribution in [-0.4, -0.2) is 50.5 Å². The molecule has 0 aliphatic heterocycles. The molecule has 0 aliphatic rings. The first kappa shape index (κ1) is 31.1. The summed E-state index contributed by atoms with van der Waals surface area (Å²) >= 11 is 0. The lowest BCUT2D eigenvalue weighted by molar-refractivity contribution is -0.141. The van der Waals surface area contributed by atoms with Crippen molar-refractivity contribution in [3.05, 3.63) is 65.5 Å². The molecule has 7 nitrogen and oxygen atoms in total. The van der Waals surface area contributed by atoms with Crippen LogP contribution in [0.2, 0.25) is 0 Å². The highest BCUT2D eigenvalue weighted by atomic mass is 32.2. The molecular formula is C26H33F4N3O4S. The topological polar surface area (TPSA) is 86.8 Å².